The number of rotatable bonds is 0. The fraction of sp³-hybridized carbons (Fsp3) is 0.583. The number of allylic oxidation sites excluding steroid dienone is 3. The van der Waals surface area contributed by atoms with Gasteiger partial charge in [0.25, 0.3) is 0 Å². The third kappa shape index (κ3) is 0.999. The molecular weight excluding hydrogens is 174 g/mol. The zero-order valence-corrected chi connectivity index (χ0v) is 8.33. The van der Waals surface area contributed by atoms with Crippen LogP contribution in [0.25, 0.3) is 0 Å². The third-order valence-corrected chi connectivity index (χ3v) is 3.66. The minimum Gasteiger partial charge on any atom is -0.618 e. The molecule has 0 aromatic heterocycles. The maximum Gasteiger partial charge on any atom is 0.216 e. The van der Waals surface area contributed by atoms with Crippen LogP contribution in [0.4, 0.5) is 0 Å². The summed E-state index contributed by atoms with van der Waals surface area (Å²) in [6.45, 7) is 0. The summed E-state index contributed by atoms with van der Waals surface area (Å²) < 4.78 is 1.22. The molecule has 1 saturated carbocycles. The molecule has 0 N–H and O–H groups in total. The number of hydrogen-bond acceptors (Lipinski definition) is 1. The van der Waals surface area contributed by atoms with Gasteiger partial charge in [-0.2, -0.15) is 4.74 Å². The average molecular weight is 189 g/mol. The summed E-state index contributed by atoms with van der Waals surface area (Å²) in [7, 11) is 0. The van der Waals surface area contributed by atoms with Gasteiger partial charge in [0.15, 0.2) is 5.71 Å². The van der Waals surface area contributed by atoms with Gasteiger partial charge in [-0.05, 0) is 25.7 Å². The smallest absolute Gasteiger partial charge is 0.216 e. The quantitative estimate of drug-likeness (QED) is 0.425. The second kappa shape index (κ2) is 2.97. The molecule has 0 amide bonds. The van der Waals surface area contributed by atoms with Crippen LogP contribution in [0, 0.1) is 11.1 Å². The van der Waals surface area contributed by atoms with Crippen molar-refractivity contribution in [2.75, 3.05) is 0 Å². The molecule has 74 valence electrons. The molecular formula is C12H15NO. The Morgan fingerprint density at radius 2 is 2.21 bits per heavy atom. The normalized spacial score (nSPS) is 30.7. The van der Waals surface area contributed by atoms with Crippen LogP contribution in [0.2, 0.25) is 0 Å². The number of nitrogens with zero attached hydrogens (tertiary/aromatic N) is 1. The summed E-state index contributed by atoms with van der Waals surface area (Å²) in [5.41, 5.74) is 3.54. The van der Waals surface area contributed by atoms with E-state index in [1.165, 1.54) is 29.6 Å². The molecule has 0 spiro atoms. The lowest BCUT2D eigenvalue weighted by molar-refractivity contribution is -0.395. The first-order chi connectivity index (χ1) is 6.88. The number of hydroxylamine groups is 1. The van der Waals surface area contributed by atoms with Crippen LogP contribution >= 0.6 is 0 Å². The fourth-order valence-electron chi connectivity index (χ4n) is 2.99. The highest BCUT2D eigenvalue weighted by Gasteiger charge is 2.39. The highest BCUT2D eigenvalue weighted by atomic mass is 16.5. The van der Waals surface area contributed by atoms with Gasteiger partial charge < -0.3 is 5.21 Å². The van der Waals surface area contributed by atoms with E-state index in [2.05, 4.69) is 6.08 Å². The average Bonchev–Trinajstić information content (AvgIpc) is 2.55. The monoisotopic (exact) mass is 189 g/mol. The van der Waals surface area contributed by atoms with Crippen molar-refractivity contribution < 1.29 is 4.74 Å². The molecule has 14 heavy (non-hydrogen) atoms. The first-order valence-electron chi connectivity index (χ1n) is 5.60. The van der Waals surface area contributed by atoms with E-state index in [0.29, 0.717) is 5.92 Å². The summed E-state index contributed by atoms with van der Waals surface area (Å²) in [5.74, 6) is 0.515. The summed E-state index contributed by atoms with van der Waals surface area (Å²) >= 11 is 0. The molecule has 1 heterocycles. The minimum atomic E-state index is 0.515. The van der Waals surface area contributed by atoms with Crippen molar-refractivity contribution in [1.82, 2.24) is 0 Å². The SMILES string of the molecule is [O-][N+]1=C2CCCCC2C2=C1C=CCC2. The van der Waals surface area contributed by atoms with Crippen molar-refractivity contribution in [2.24, 2.45) is 5.92 Å². The first-order valence-corrected chi connectivity index (χ1v) is 5.60. The van der Waals surface area contributed by atoms with Crippen molar-refractivity contribution in [3.63, 3.8) is 0 Å². The predicted molar refractivity (Wildman–Crippen MR) is 56.0 cm³/mol. The summed E-state index contributed by atoms with van der Waals surface area (Å²) in [6.07, 6.45) is 11.1. The van der Waals surface area contributed by atoms with Gasteiger partial charge in [0.05, 0.1) is 5.92 Å². The molecule has 1 atom stereocenters. The Kier molecular flexibility index (Phi) is 1.76. The van der Waals surface area contributed by atoms with E-state index in [1.54, 1.807) is 0 Å². The maximum atomic E-state index is 11.9. The molecule has 3 aliphatic rings. The van der Waals surface area contributed by atoms with Crippen LogP contribution in [-0.2, 0) is 0 Å². The van der Waals surface area contributed by atoms with Gasteiger partial charge in [0.2, 0.25) is 5.70 Å². The molecule has 3 rings (SSSR count). The molecule has 0 bridgehead atoms. The van der Waals surface area contributed by atoms with Crippen molar-refractivity contribution >= 4 is 5.71 Å². The molecule has 1 unspecified atom stereocenters. The molecule has 0 aromatic carbocycles. The predicted octanol–water partition coefficient (Wildman–Crippen LogP) is 2.75. The Balaban J connectivity index is 2.05. The second-order valence-corrected chi connectivity index (χ2v) is 4.44. The van der Waals surface area contributed by atoms with E-state index < -0.39 is 0 Å². The topological polar surface area (TPSA) is 26.1 Å². The summed E-state index contributed by atoms with van der Waals surface area (Å²) in [5, 5.41) is 11.9. The highest BCUT2D eigenvalue weighted by Crippen LogP contribution is 2.39. The summed E-state index contributed by atoms with van der Waals surface area (Å²) in [4.78, 5) is 0. The van der Waals surface area contributed by atoms with Gasteiger partial charge in [0, 0.05) is 18.1 Å². The van der Waals surface area contributed by atoms with Crippen LogP contribution in [0.5, 0.6) is 0 Å². The maximum absolute atomic E-state index is 11.9. The Labute approximate surface area is 84.2 Å². The van der Waals surface area contributed by atoms with E-state index in [9.17, 15) is 5.21 Å². The lowest BCUT2D eigenvalue weighted by Crippen LogP contribution is -2.21. The molecule has 1 aliphatic heterocycles. The number of hydrogen-bond donors (Lipinski definition) is 0. The molecule has 2 nitrogen and oxygen atoms in total. The molecule has 2 heteroatoms. The molecule has 2 aliphatic carbocycles. The van der Waals surface area contributed by atoms with Gasteiger partial charge in [-0.1, -0.05) is 12.5 Å². The van der Waals surface area contributed by atoms with E-state index >= 15 is 0 Å². The fourth-order valence-corrected chi connectivity index (χ4v) is 2.99. The van der Waals surface area contributed by atoms with E-state index in [4.69, 9.17) is 0 Å². The molecule has 0 saturated heterocycles. The van der Waals surface area contributed by atoms with Crippen LogP contribution in [0.3, 0.4) is 0 Å². The van der Waals surface area contributed by atoms with Gasteiger partial charge in [-0.15, -0.1) is 0 Å². The standard InChI is InChI=1S/C12H15NO/c14-13-11-7-3-1-5-9(11)10-6-2-4-8-12(10)13/h3,7,10H,1-2,4-6,8H2. The van der Waals surface area contributed by atoms with Crippen molar-refractivity contribution in [3.05, 3.63) is 28.6 Å². The van der Waals surface area contributed by atoms with E-state index in [-0.39, 0.29) is 0 Å². The molecule has 0 radical (unpaired) electrons. The van der Waals surface area contributed by atoms with Gasteiger partial charge in [-0.3, -0.25) is 0 Å². The van der Waals surface area contributed by atoms with Crippen molar-refractivity contribution in [3.8, 4) is 0 Å². The minimum absolute atomic E-state index is 0.515. The van der Waals surface area contributed by atoms with Crippen molar-refractivity contribution in [2.45, 2.75) is 38.5 Å². The van der Waals surface area contributed by atoms with Gasteiger partial charge in [-0.25, -0.2) is 0 Å². The lowest BCUT2D eigenvalue weighted by atomic mass is 9.81. The second-order valence-electron chi connectivity index (χ2n) is 4.44. The number of fused-ring (bicyclic) bond motifs is 2. The third-order valence-electron chi connectivity index (χ3n) is 3.66. The van der Waals surface area contributed by atoms with Crippen LogP contribution in [-0.4, -0.2) is 10.5 Å². The summed E-state index contributed by atoms with van der Waals surface area (Å²) in [6, 6.07) is 0. The highest BCUT2D eigenvalue weighted by molar-refractivity contribution is 5.88. The zero-order chi connectivity index (χ0) is 9.54. The van der Waals surface area contributed by atoms with Gasteiger partial charge in [0.1, 0.15) is 0 Å². The van der Waals surface area contributed by atoms with Crippen LogP contribution < -0.4 is 0 Å². The Morgan fingerprint density at radius 1 is 1.29 bits per heavy atom. The zero-order valence-electron chi connectivity index (χ0n) is 8.33. The van der Waals surface area contributed by atoms with Crippen molar-refractivity contribution in [1.29, 1.82) is 0 Å². The van der Waals surface area contributed by atoms with E-state index in [0.717, 1.165) is 30.7 Å². The first kappa shape index (κ1) is 8.27. The van der Waals surface area contributed by atoms with Crippen LogP contribution in [0.15, 0.2) is 23.4 Å². The largest absolute Gasteiger partial charge is 0.618 e. The molecule has 0 aromatic rings. The van der Waals surface area contributed by atoms with Gasteiger partial charge >= 0.3 is 0 Å². The lowest BCUT2D eigenvalue weighted by Gasteiger charge is -2.18. The van der Waals surface area contributed by atoms with E-state index in [1.807, 2.05) is 6.08 Å². The van der Waals surface area contributed by atoms with Crippen LogP contribution in [0.1, 0.15) is 38.5 Å². The molecule has 1 fully saturated rings. The Morgan fingerprint density at radius 3 is 3.14 bits per heavy atom. The Hall–Kier alpha value is -1.05. The Bertz CT molecular complexity index is 363.